The molecule has 0 spiro atoms. The molecule has 2 rings (SSSR count). The molecule has 1 aliphatic heterocycles. The Morgan fingerprint density at radius 3 is 2.32 bits per heavy atom. The van der Waals surface area contributed by atoms with E-state index < -0.39 is 9.84 Å². The molecule has 7 heteroatoms. The molecule has 1 aliphatic rings. The van der Waals surface area contributed by atoms with Crippen molar-refractivity contribution in [1.29, 1.82) is 0 Å². The standard InChI is InChI=1S/C18H30N4O2S/c1-19-18(20-10-13-22-11-4-3-5-12-22)21-14-16-6-8-17(9-7-16)15-25(2,23)24/h6-9H,3-5,10-15H2,1-2H3,(H2,19,20,21). The fraction of sp³-hybridized carbons (Fsp3) is 0.611. The fourth-order valence-corrected chi connectivity index (χ4v) is 3.78. The second-order valence-corrected chi connectivity index (χ2v) is 8.78. The molecule has 0 amide bonds. The molecular weight excluding hydrogens is 336 g/mol. The summed E-state index contributed by atoms with van der Waals surface area (Å²) in [6.45, 7) is 4.98. The second-order valence-electron chi connectivity index (χ2n) is 6.64. The van der Waals surface area contributed by atoms with Crippen LogP contribution in [0.2, 0.25) is 0 Å². The first-order valence-corrected chi connectivity index (χ1v) is 10.9. The molecule has 1 saturated heterocycles. The summed E-state index contributed by atoms with van der Waals surface area (Å²) < 4.78 is 22.6. The van der Waals surface area contributed by atoms with Gasteiger partial charge in [-0.25, -0.2) is 8.42 Å². The number of nitrogens with one attached hydrogen (secondary N) is 2. The van der Waals surface area contributed by atoms with Gasteiger partial charge in [-0.05, 0) is 37.1 Å². The number of piperidine rings is 1. The minimum Gasteiger partial charge on any atom is -0.355 e. The predicted molar refractivity (Wildman–Crippen MR) is 103 cm³/mol. The van der Waals surface area contributed by atoms with E-state index in [1.807, 2.05) is 24.3 Å². The minimum absolute atomic E-state index is 0.0838. The van der Waals surface area contributed by atoms with E-state index in [2.05, 4.69) is 20.5 Å². The van der Waals surface area contributed by atoms with Crippen LogP contribution >= 0.6 is 0 Å². The van der Waals surface area contributed by atoms with Crippen LogP contribution in [-0.4, -0.2) is 58.8 Å². The van der Waals surface area contributed by atoms with Crippen LogP contribution in [0.4, 0.5) is 0 Å². The number of hydrogen-bond donors (Lipinski definition) is 2. The van der Waals surface area contributed by atoms with Gasteiger partial charge in [0.05, 0.1) is 5.75 Å². The summed E-state index contributed by atoms with van der Waals surface area (Å²) in [7, 11) is -1.22. The Labute approximate surface area is 151 Å². The maximum absolute atomic E-state index is 11.3. The third-order valence-corrected chi connectivity index (χ3v) is 5.16. The van der Waals surface area contributed by atoms with Crippen LogP contribution in [0.1, 0.15) is 30.4 Å². The van der Waals surface area contributed by atoms with E-state index in [0.717, 1.165) is 30.2 Å². The monoisotopic (exact) mass is 366 g/mol. The van der Waals surface area contributed by atoms with Gasteiger partial charge in [-0.15, -0.1) is 0 Å². The molecule has 0 aliphatic carbocycles. The van der Waals surface area contributed by atoms with Gasteiger partial charge in [-0.1, -0.05) is 30.7 Å². The van der Waals surface area contributed by atoms with Gasteiger partial charge in [0, 0.05) is 32.9 Å². The van der Waals surface area contributed by atoms with E-state index in [0.29, 0.717) is 6.54 Å². The normalized spacial score (nSPS) is 16.6. The van der Waals surface area contributed by atoms with Gasteiger partial charge in [0.15, 0.2) is 15.8 Å². The van der Waals surface area contributed by atoms with Gasteiger partial charge in [0.1, 0.15) is 0 Å². The van der Waals surface area contributed by atoms with Crippen molar-refractivity contribution < 1.29 is 8.42 Å². The molecule has 0 atom stereocenters. The number of benzene rings is 1. The van der Waals surface area contributed by atoms with Crippen LogP contribution in [0.3, 0.4) is 0 Å². The molecule has 0 unspecified atom stereocenters. The average Bonchev–Trinajstić information content (AvgIpc) is 2.59. The molecule has 140 valence electrons. The number of aliphatic imine (C=N–C) groups is 1. The summed E-state index contributed by atoms with van der Waals surface area (Å²) in [5.41, 5.74) is 1.91. The lowest BCUT2D eigenvalue weighted by atomic mass is 10.1. The van der Waals surface area contributed by atoms with Crippen molar-refractivity contribution in [1.82, 2.24) is 15.5 Å². The van der Waals surface area contributed by atoms with E-state index in [1.165, 1.54) is 38.6 Å². The minimum atomic E-state index is -2.99. The molecular formula is C18H30N4O2S. The first kappa shape index (κ1) is 19.7. The lowest BCUT2D eigenvalue weighted by Gasteiger charge is -2.26. The molecule has 1 aromatic rings. The van der Waals surface area contributed by atoms with Crippen molar-refractivity contribution in [3.8, 4) is 0 Å². The van der Waals surface area contributed by atoms with Crippen LogP contribution in [0.15, 0.2) is 29.3 Å². The quantitative estimate of drug-likeness (QED) is 0.563. The van der Waals surface area contributed by atoms with Crippen LogP contribution in [0.5, 0.6) is 0 Å². The van der Waals surface area contributed by atoms with E-state index in [4.69, 9.17) is 0 Å². The highest BCUT2D eigenvalue weighted by molar-refractivity contribution is 7.89. The van der Waals surface area contributed by atoms with Gasteiger partial charge in [-0.2, -0.15) is 0 Å². The largest absolute Gasteiger partial charge is 0.355 e. The van der Waals surface area contributed by atoms with Gasteiger partial charge in [-0.3, -0.25) is 4.99 Å². The molecule has 0 radical (unpaired) electrons. The van der Waals surface area contributed by atoms with Gasteiger partial charge in [0.2, 0.25) is 0 Å². The average molecular weight is 367 g/mol. The number of sulfone groups is 1. The van der Waals surface area contributed by atoms with Gasteiger partial charge >= 0.3 is 0 Å². The Morgan fingerprint density at radius 2 is 1.72 bits per heavy atom. The number of guanidine groups is 1. The lowest BCUT2D eigenvalue weighted by molar-refractivity contribution is 0.232. The Balaban J connectivity index is 1.72. The lowest BCUT2D eigenvalue weighted by Crippen LogP contribution is -2.42. The first-order chi connectivity index (χ1) is 12.0. The zero-order valence-corrected chi connectivity index (χ0v) is 16.1. The topological polar surface area (TPSA) is 73.8 Å². The van der Waals surface area contributed by atoms with E-state index in [-0.39, 0.29) is 5.75 Å². The highest BCUT2D eigenvalue weighted by Gasteiger charge is 2.09. The number of hydrogen-bond acceptors (Lipinski definition) is 4. The zero-order chi connectivity index (χ0) is 18.1. The number of rotatable bonds is 7. The summed E-state index contributed by atoms with van der Waals surface area (Å²) in [6, 6.07) is 7.64. The van der Waals surface area contributed by atoms with Crippen LogP contribution in [-0.2, 0) is 22.1 Å². The fourth-order valence-electron chi connectivity index (χ4n) is 2.98. The van der Waals surface area contributed by atoms with E-state index >= 15 is 0 Å². The summed E-state index contributed by atoms with van der Waals surface area (Å²) >= 11 is 0. The summed E-state index contributed by atoms with van der Waals surface area (Å²) in [5, 5.41) is 6.64. The number of nitrogens with zero attached hydrogens (tertiary/aromatic N) is 2. The summed E-state index contributed by atoms with van der Waals surface area (Å²) in [6.07, 6.45) is 5.22. The second kappa shape index (κ2) is 9.77. The van der Waals surface area contributed by atoms with Crippen molar-refractivity contribution in [2.75, 3.05) is 39.5 Å². The molecule has 0 aromatic heterocycles. The van der Waals surface area contributed by atoms with Crippen molar-refractivity contribution in [3.05, 3.63) is 35.4 Å². The van der Waals surface area contributed by atoms with Crippen molar-refractivity contribution >= 4 is 15.8 Å². The predicted octanol–water partition coefficient (Wildman–Crippen LogP) is 1.38. The maximum atomic E-state index is 11.3. The molecule has 1 heterocycles. The van der Waals surface area contributed by atoms with E-state index in [9.17, 15) is 8.42 Å². The SMILES string of the molecule is CN=C(NCCN1CCCCC1)NCc1ccc(CS(C)(=O)=O)cc1. The Bertz CT molecular complexity index is 650. The van der Waals surface area contributed by atoms with Crippen LogP contribution in [0, 0.1) is 0 Å². The molecule has 0 bridgehead atoms. The molecule has 1 aromatic carbocycles. The van der Waals surface area contributed by atoms with Gasteiger partial charge in [0.25, 0.3) is 0 Å². The van der Waals surface area contributed by atoms with Crippen molar-refractivity contribution in [3.63, 3.8) is 0 Å². The van der Waals surface area contributed by atoms with E-state index in [1.54, 1.807) is 7.05 Å². The highest BCUT2D eigenvalue weighted by Crippen LogP contribution is 2.08. The molecule has 1 fully saturated rings. The third kappa shape index (κ3) is 7.88. The Hall–Kier alpha value is -1.60. The molecule has 0 saturated carbocycles. The number of likely N-dealkylation sites (tertiary alicyclic amines) is 1. The smallest absolute Gasteiger partial charge is 0.191 e. The maximum Gasteiger partial charge on any atom is 0.191 e. The molecule has 2 N–H and O–H groups in total. The third-order valence-electron chi connectivity index (χ3n) is 4.30. The Kier molecular flexibility index (Phi) is 7.71. The zero-order valence-electron chi connectivity index (χ0n) is 15.3. The summed E-state index contributed by atoms with van der Waals surface area (Å²) in [4.78, 5) is 6.74. The highest BCUT2D eigenvalue weighted by atomic mass is 32.2. The van der Waals surface area contributed by atoms with Gasteiger partial charge < -0.3 is 15.5 Å². The Morgan fingerprint density at radius 1 is 1.08 bits per heavy atom. The first-order valence-electron chi connectivity index (χ1n) is 8.89. The van der Waals surface area contributed by atoms with Crippen molar-refractivity contribution in [2.24, 2.45) is 4.99 Å². The van der Waals surface area contributed by atoms with Crippen molar-refractivity contribution in [2.45, 2.75) is 31.6 Å². The summed E-state index contributed by atoms with van der Waals surface area (Å²) in [5.74, 6) is 0.873. The van der Waals surface area contributed by atoms with Crippen LogP contribution < -0.4 is 10.6 Å². The molecule has 25 heavy (non-hydrogen) atoms. The van der Waals surface area contributed by atoms with Crippen LogP contribution in [0.25, 0.3) is 0 Å². The molecule has 6 nitrogen and oxygen atoms in total.